The number of furan rings is 1. The van der Waals surface area contributed by atoms with Crippen LogP contribution in [-0.2, 0) is 4.79 Å². The van der Waals surface area contributed by atoms with E-state index < -0.39 is 0 Å². The van der Waals surface area contributed by atoms with Gasteiger partial charge in [-0.1, -0.05) is 12.1 Å². The monoisotopic (exact) mass is 481 g/mol. The van der Waals surface area contributed by atoms with Crippen LogP contribution in [-0.4, -0.2) is 31.3 Å². The van der Waals surface area contributed by atoms with Gasteiger partial charge in [0.2, 0.25) is 5.91 Å². The van der Waals surface area contributed by atoms with Crippen molar-refractivity contribution >= 4 is 50.7 Å². The van der Waals surface area contributed by atoms with Crippen molar-refractivity contribution in [3.63, 3.8) is 0 Å². The Labute approximate surface area is 187 Å². The fourth-order valence-corrected chi connectivity index (χ4v) is 3.81. The zero-order valence-corrected chi connectivity index (χ0v) is 18.4. The van der Waals surface area contributed by atoms with Gasteiger partial charge in [0.15, 0.2) is 10.4 Å². The fourth-order valence-electron chi connectivity index (χ4n) is 3.51. The molecule has 3 aromatic rings. The molecule has 0 radical (unpaired) electrons. The average molecular weight is 482 g/mol. The number of nitrogens with zero attached hydrogens (tertiary/aromatic N) is 2. The average Bonchev–Trinajstić information content (AvgIpc) is 3.41. The highest BCUT2D eigenvalue weighted by Gasteiger charge is 2.23. The van der Waals surface area contributed by atoms with Crippen molar-refractivity contribution in [2.24, 2.45) is 0 Å². The van der Waals surface area contributed by atoms with E-state index in [2.05, 4.69) is 21.2 Å². The molecule has 3 amide bonds. The lowest BCUT2D eigenvalue weighted by Gasteiger charge is -2.20. The quantitative estimate of drug-likeness (QED) is 0.572. The van der Waals surface area contributed by atoms with Crippen molar-refractivity contribution in [3.8, 4) is 0 Å². The molecule has 0 atom stereocenters. The first-order valence-corrected chi connectivity index (χ1v) is 10.6. The number of benzene rings is 2. The van der Waals surface area contributed by atoms with Gasteiger partial charge in [0.25, 0.3) is 11.8 Å². The van der Waals surface area contributed by atoms with Gasteiger partial charge in [-0.15, -0.1) is 0 Å². The number of rotatable bonds is 5. The third kappa shape index (κ3) is 4.39. The Bertz CT molecular complexity index is 1140. The summed E-state index contributed by atoms with van der Waals surface area (Å²) in [5, 5.41) is 2.85. The number of halogens is 1. The Kier molecular flexibility index (Phi) is 5.90. The van der Waals surface area contributed by atoms with Gasteiger partial charge in [-0.25, -0.2) is 0 Å². The van der Waals surface area contributed by atoms with Crippen molar-refractivity contribution in [3.05, 3.63) is 76.7 Å². The first-order valence-electron chi connectivity index (χ1n) is 9.78. The molecule has 4 rings (SSSR count). The van der Waals surface area contributed by atoms with Crippen LogP contribution in [0, 0.1) is 0 Å². The number of hydrogen-bond acceptors (Lipinski definition) is 4. The van der Waals surface area contributed by atoms with Gasteiger partial charge in [0.05, 0.1) is 11.3 Å². The van der Waals surface area contributed by atoms with Crippen molar-refractivity contribution < 1.29 is 18.8 Å². The van der Waals surface area contributed by atoms with Gasteiger partial charge in [0.1, 0.15) is 0 Å². The summed E-state index contributed by atoms with van der Waals surface area (Å²) in [6, 6.07) is 17.2. The standard InChI is InChI=1S/C23H20BrN3O4/c1-26(23(30)19-12-13-20(24)31-19)18-6-3-2-5-17(18)22(29)25-15-8-10-16(11-9-15)27-14-4-7-21(27)28/h2-3,5-6,8-13H,4,7,14H2,1H3,(H,25,29). The summed E-state index contributed by atoms with van der Waals surface area (Å²) in [4.78, 5) is 40.7. The summed E-state index contributed by atoms with van der Waals surface area (Å²) in [6.45, 7) is 0.713. The topological polar surface area (TPSA) is 82.9 Å². The first kappa shape index (κ1) is 20.9. The van der Waals surface area contributed by atoms with Crippen molar-refractivity contribution in [1.29, 1.82) is 0 Å². The molecule has 2 heterocycles. The molecular weight excluding hydrogens is 462 g/mol. The molecule has 0 aliphatic carbocycles. The molecule has 1 fully saturated rings. The minimum absolute atomic E-state index is 0.113. The van der Waals surface area contributed by atoms with E-state index in [0.29, 0.717) is 34.6 Å². The van der Waals surface area contributed by atoms with E-state index in [1.54, 1.807) is 60.5 Å². The molecule has 1 saturated heterocycles. The number of amides is 3. The Balaban J connectivity index is 1.51. The third-order valence-corrected chi connectivity index (χ3v) is 5.54. The lowest BCUT2D eigenvalue weighted by atomic mass is 10.1. The summed E-state index contributed by atoms with van der Waals surface area (Å²) in [5.41, 5.74) is 2.22. The van der Waals surface area contributed by atoms with Crippen LogP contribution in [0.1, 0.15) is 33.8 Å². The van der Waals surface area contributed by atoms with E-state index >= 15 is 0 Å². The minimum atomic E-state index is -0.370. The van der Waals surface area contributed by atoms with Gasteiger partial charge in [-0.3, -0.25) is 14.4 Å². The molecule has 0 bridgehead atoms. The van der Waals surface area contributed by atoms with E-state index in [1.165, 1.54) is 4.90 Å². The Morgan fingerprint density at radius 2 is 1.81 bits per heavy atom. The highest BCUT2D eigenvalue weighted by atomic mass is 79.9. The maximum absolute atomic E-state index is 13.0. The first-order chi connectivity index (χ1) is 14.9. The maximum Gasteiger partial charge on any atom is 0.293 e. The highest BCUT2D eigenvalue weighted by Crippen LogP contribution is 2.26. The Morgan fingerprint density at radius 1 is 1.06 bits per heavy atom. The molecule has 0 unspecified atom stereocenters. The zero-order chi connectivity index (χ0) is 22.0. The molecule has 0 spiro atoms. The van der Waals surface area contributed by atoms with E-state index in [-0.39, 0.29) is 23.5 Å². The van der Waals surface area contributed by atoms with Gasteiger partial charge < -0.3 is 19.5 Å². The van der Waals surface area contributed by atoms with Crippen molar-refractivity contribution in [2.45, 2.75) is 12.8 Å². The molecule has 1 aromatic heterocycles. The van der Waals surface area contributed by atoms with Gasteiger partial charge in [0, 0.05) is 31.4 Å². The number of carbonyl (C=O) groups excluding carboxylic acids is 3. The van der Waals surface area contributed by atoms with Crippen LogP contribution in [0.15, 0.2) is 69.8 Å². The number of hydrogen-bond donors (Lipinski definition) is 1. The summed E-state index contributed by atoms with van der Waals surface area (Å²) in [6.07, 6.45) is 1.42. The van der Waals surface area contributed by atoms with Crippen LogP contribution in [0.3, 0.4) is 0 Å². The van der Waals surface area contributed by atoms with Gasteiger partial charge >= 0.3 is 0 Å². The van der Waals surface area contributed by atoms with E-state index in [0.717, 1.165) is 12.1 Å². The number of nitrogens with one attached hydrogen (secondary N) is 1. The summed E-state index contributed by atoms with van der Waals surface area (Å²) in [5.74, 6) is -0.440. The molecule has 2 aromatic carbocycles. The van der Waals surface area contributed by atoms with E-state index in [9.17, 15) is 14.4 Å². The van der Waals surface area contributed by atoms with Gasteiger partial charge in [-0.2, -0.15) is 0 Å². The second-order valence-corrected chi connectivity index (χ2v) is 7.92. The molecular formula is C23H20BrN3O4. The summed E-state index contributed by atoms with van der Waals surface area (Å²) >= 11 is 3.19. The SMILES string of the molecule is CN(C(=O)c1ccc(Br)o1)c1ccccc1C(=O)Nc1ccc(N2CCCC2=O)cc1. The molecule has 1 aliphatic heterocycles. The summed E-state index contributed by atoms with van der Waals surface area (Å²) in [7, 11) is 1.59. The minimum Gasteiger partial charge on any atom is -0.444 e. The number of carbonyl (C=O) groups is 3. The smallest absolute Gasteiger partial charge is 0.293 e. The Morgan fingerprint density at radius 3 is 2.45 bits per heavy atom. The van der Waals surface area contributed by atoms with E-state index in [1.807, 2.05) is 12.1 Å². The van der Waals surface area contributed by atoms with Crippen LogP contribution in [0.25, 0.3) is 0 Å². The molecule has 158 valence electrons. The third-order valence-electron chi connectivity index (χ3n) is 5.11. The zero-order valence-electron chi connectivity index (χ0n) is 16.8. The van der Waals surface area contributed by atoms with Crippen LogP contribution in [0.5, 0.6) is 0 Å². The largest absolute Gasteiger partial charge is 0.444 e. The Hall–Kier alpha value is -3.39. The number of para-hydroxylation sites is 1. The molecule has 1 aliphatic rings. The summed E-state index contributed by atoms with van der Waals surface area (Å²) < 4.78 is 5.79. The predicted octanol–water partition coefficient (Wildman–Crippen LogP) is 4.70. The lowest BCUT2D eigenvalue weighted by Crippen LogP contribution is -2.28. The second kappa shape index (κ2) is 8.77. The van der Waals surface area contributed by atoms with Gasteiger partial charge in [-0.05, 0) is 70.9 Å². The van der Waals surface area contributed by atoms with Crippen LogP contribution in [0.4, 0.5) is 17.1 Å². The van der Waals surface area contributed by atoms with Crippen molar-refractivity contribution in [2.75, 3.05) is 28.7 Å². The molecule has 31 heavy (non-hydrogen) atoms. The van der Waals surface area contributed by atoms with Crippen LogP contribution < -0.4 is 15.1 Å². The number of anilines is 3. The van der Waals surface area contributed by atoms with Crippen LogP contribution in [0.2, 0.25) is 0 Å². The molecule has 8 heteroatoms. The second-order valence-electron chi connectivity index (χ2n) is 7.14. The highest BCUT2D eigenvalue weighted by molar-refractivity contribution is 9.10. The molecule has 0 saturated carbocycles. The van der Waals surface area contributed by atoms with E-state index in [4.69, 9.17) is 4.42 Å². The lowest BCUT2D eigenvalue weighted by molar-refractivity contribution is -0.117. The molecule has 7 nitrogen and oxygen atoms in total. The fraction of sp³-hybridized carbons (Fsp3) is 0.174. The van der Waals surface area contributed by atoms with Crippen LogP contribution >= 0.6 is 15.9 Å². The molecule has 1 N–H and O–H groups in total. The van der Waals surface area contributed by atoms with Crippen molar-refractivity contribution in [1.82, 2.24) is 0 Å². The normalized spacial score (nSPS) is 13.4. The predicted molar refractivity (Wildman–Crippen MR) is 122 cm³/mol. The maximum atomic E-state index is 13.0.